The van der Waals surface area contributed by atoms with Gasteiger partial charge in [0.15, 0.2) is 0 Å². The van der Waals surface area contributed by atoms with Gasteiger partial charge in [-0.2, -0.15) is 0 Å². The molecule has 0 aliphatic carbocycles. The first-order valence-electron chi connectivity index (χ1n) is 7.07. The zero-order chi connectivity index (χ0) is 12.5. The molecule has 0 atom stereocenters. The van der Waals surface area contributed by atoms with Gasteiger partial charge in [-0.05, 0) is 30.5 Å². The molecule has 0 aromatic carbocycles. The smallest absolute Gasteiger partial charge is 0.0220 e. The van der Waals surface area contributed by atoms with Crippen molar-refractivity contribution in [3.05, 3.63) is 24.0 Å². The van der Waals surface area contributed by atoms with Crippen molar-refractivity contribution in [2.45, 2.75) is 59.5 Å². The molecular weight excluding hydrogens is 208 g/mol. The molecule has 0 unspecified atom stereocenters. The van der Waals surface area contributed by atoms with E-state index in [9.17, 15) is 0 Å². The van der Waals surface area contributed by atoms with Gasteiger partial charge >= 0.3 is 0 Å². The predicted octanol–water partition coefficient (Wildman–Crippen LogP) is 3.81. The van der Waals surface area contributed by atoms with Crippen LogP contribution in [-0.4, -0.2) is 11.1 Å². The maximum atomic E-state index is 3.48. The Labute approximate surface area is 106 Å². The molecule has 0 saturated heterocycles. The number of hydrogen-bond acceptors (Lipinski definition) is 1. The number of unbranched alkanes of at least 4 members (excludes halogenated alkanes) is 3. The Balaban J connectivity index is 2.18. The number of aromatic nitrogens is 1. The Morgan fingerprint density at radius 2 is 2.06 bits per heavy atom. The van der Waals surface area contributed by atoms with Crippen LogP contribution in [0.5, 0.6) is 0 Å². The Bertz CT molecular complexity index is 289. The zero-order valence-corrected chi connectivity index (χ0v) is 11.7. The Kier molecular flexibility index (Phi) is 7.02. The van der Waals surface area contributed by atoms with Gasteiger partial charge in [-0.3, -0.25) is 0 Å². The lowest BCUT2D eigenvalue weighted by atomic mass is 10.2. The van der Waals surface area contributed by atoms with Crippen LogP contribution < -0.4 is 5.32 Å². The van der Waals surface area contributed by atoms with Crippen molar-refractivity contribution in [1.82, 2.24) is 9.88 Å². The van der Waals surface area contributed by atoms with Crippen molar-refractivity contribution in [3.63, 3.8) is 0 Å². The molecule has 0 fully saturated rings. The van der Waals surface area contributed by atoms with E-state index in [0.29, 0.717) is 0 Å². The molecule has 98 valence electrons. The molecule has 0 radical (unpaired) electrons. The second kappa shape index (κ2) is 8.35. The van der Waals surface area contributed by atoms with Crippen LogP contribution in [-0.2, 0) is 13.1 Å². The molecule has 1 aromatic heterocycles. The molecule has 1 heterocycles. The zero-order valence-electron chi connectivity index (χ0n) is 11.7. The molecule has 0 amide bonds. The van der Waals surface area contributed by atoms with Crippen LogP contribution >= 0.6 is 0 Å². The van der Waals surface area contributed by atoms with E-state index in [1.54, 1.807) is 0 Å². The van der Waals surface area contributed by atoms with E-state index in [2.05, 4.69) is 49.1 Å². The minimum atomic E-state index is 0.728. The summed E-state index contributed by atoms with van der Waals surface area (Å²) in [6.45, 7) is 10.0. The summed E-state index contributed by atoms with van der Waals surface area (Å²) in [6.07, 6.45) is 9.83. The fourth-order valence-corrected chi connectivity index (χ4v) is 1.96. The number of aryl methyl sites for hydroxylation is 1. The van der Waals surface area contributed by atoms with Crippen molar-refractivity contribution in [3.8, 4) is 0 Å². The summed E-state index contributed by atoms with van der Waals surface area (Å²) in [6, 6.07) is 2.23. The van der Waals surface area contributed by atoms with Crippen LogP contribution in [0.1, 0.15) is 52.0 Å². The third-order valence-corrected chi connectivity index (χ3v) is 2.96. The van der Waals surface area contributed by atoms with Crippen LogP contribution in [0.25, 0.3) is 0 Å². The lowest BCUT2D eigenvalue weighted by molar-refractivity contribution is 0.550. The van der Waals surface area contributed by atoms with Crippen molar-refractivity contribution in [2.75, 3.05) is 6.54 Å². The van der Waals surface area contributed by atoms with Gasteiger partial charge < -0.3 is 9.88 Å². The third-order valence-electron chi connectivity index (χ3n) is 2.96. The van der Waals surface area contributed by atoms with Gasteiger partial charge in [-0.1, -0.05) is 40.0 Å². The summed E-state index contributed by atoms with van der Waals surface area (Å²) in [5.41, 5.74) is 1.40. The summed E-state index contributed by atoms with van der Waals surface area (Å²) in [7, 11) is 0. The van der Waals surface area contributed by atoms with Gasteiger partial charge in [0, 0.05) is 25.5 Å². The summed E-state index contributed by atoms with van der Waals surface area (Å²) >= 11 is 0. The van der Waals surface area contributed by atoms with Gasteiger partial charge in [0.05, 0.1) is 0 Å². The van der Waals surface area contributed by atoms with Crippen molar-refractivity contribution < 1.29 is 0 Å². The predicted molar refractivity (Wildman–Crippen MR) is 75.1 cm³/mol. The van der Waals surface area contributed by atoms with E-state index in [1.807, 2.05) is 0 Å². The largest absolute Gasteiger partial charge is 0.354 e. The SMILES string of the molecule is CCCCCCn1ccc(CNCC(C)C)c1. The second-order valence-corrected chi connectivity index (χ2v) is 5.34. The van der Waals surface area contributed by atoms with Crippen molar-refractivity contribution >= 4 is 0 Å². The van der Waals surface area contributed by atoms with E-state index in [1.165, 1.54) is 37.8 Å². The molecule has 2 nitrogen and oxygen atoms in total. The molecule has 1 rings (SSSR count). The monoisotopic (exact) mass is 236 g/mol. The first-order chi connectivity index (χ1) is 8.22. The fourth-order valence-electron chi connectivity index (χ4n) is 1.96. The molecule has 0 aliphatic rings. The first-order valence-corrected chi connectivity index (χ1v) is 7.07. The molecule has 17 heavy (non-hydrogen) atoms. The topological polar surface area (TPSA) is 17.0 Å². The molecule has 0 saturated carbocycles. The van der Waals surface area contributed by atoms with Crippen LogP contribution in [0, 0.1) is 5.92 Å². The molecule has 1 N–H and O–H groups in total. The van der Waals surface area contributed by atoms with Gasteiger partial charge in [0.1, 0.15) is 0 Å². The Morgan fingerprint density at radius 1 is 1.24 bits per heavy atom. The number of hydrogen-bond donors (Lipinski definition) is 1. The Morgan fingerprint density at radius 3 is 2.76 bits per heavy atom. The van der Waals surface area contributed by atoms with Gasteiger partial charge in [-0.25, -0.2) is 0 Å². The lowest BCUT2D eigenvalue weighted by Crippen LogP contribution is -2.18. The summed E-state index contributed by atoms with van der Waals surface area (Å²) < 4.78 is 2.32. The maximum Gasteiger partial charge on any atom is 0.0220 e. The van der Waals surface area contributed by atoms with E-state index in [4.69, 9.17) is 0 Å². The number of nitrogens with one attached hydrogen (secondary N) is 1. The van der Waals surface area contributed by atoms with E-state index in [-0.39, 0.29) is 0 Å². The lowest BCUT2D eigenvalue weighted by Gasteiger charge is -2.05. The molecule has 1 aromatic rings. The van der Waals surface area contributed by atoms with Crippen LogP contribution in [0.2, 0.25) is 0 Å². The molecule has 2 heteroatoms. The van der Waals surface area contributed by atoms with Crippen LogP contribution in [0.4, 0.5) is 0 Å². The summed E-state index contributed by atoms with van der Waals surface area (Å²) in [5.74, 6) is 0.728. The van der Waals surface area contributed by atoms with E-state index < -0.39 is 0 Å². The summed E-state index contributed by atoms with van der Waals surface area (Å²) in [4.78, 5) is 0. The quantitative estimate of drug-likeness (QED) is 0.645. The Hall–Kier alpha value is -0.760. The highest BCUT2D eigenvalue weighted by Gasteiger charge is 1.98. The highest BCUT2D eigenvalue weighted by Crippen LogP contribution is 2.05. The molecule has 0 aliphatic heterocycles. The average Bonchev–Trinajstić information content (AvgIpc) is 2.72. The summed E-state index contributed by atoms with van der Waals surface area (Å²) in [5, 5.41) is 3.48. The van der Waals surface area contributed by atoms with Crippen molar-refractivity contribution in [1.29, 1.82) is 0 Å². The third kappa shape index (κ3) is 6.52. The van der Waals surface area contributed by atoms with E-state index in [0.717, 1.165) is 19.0 Å². The van der Waals surface area contributed by atoms with Gasteiger partial charge in [0.25, 0.3) is 0 Å². The highest BCUT2D eigenvalue weighted by molar-refractivity contribution is 5.09. The minimum Gasteiger partial charge on any atom is -0.354 e. The molecule has 0 bridgehead atoms. The second-order valence-electron chi connectivity index (χ2n) is 5.34. The first kappa shape index (κ1) is 14.3. The van der Waals surface area contributed by atoms with E-state index >= 15 is 0 Å². The van der Waals surface area contributed by atoms with Gasteiger partial charge in [0.2, 0.25) is 0 Å². The maximum absolute atomic E-state index is 3.48. The normalized spacial score (nSPS) is 11.3. The molecular formula is C15H28N2. The minimum absolute atomic E-state index is 0.728. The fraction of sp³-hybridized carbons (Fsp3) is 0.733. The standard InChI is InChI=1S/C15H28N2/c1-4-5-6-7-9-17-10-8-15(13-17)12-16-11-14(2)3/h8,10,13-14,16H,4-7,9,11-12H2,1-3H3. The van der Waals surface area contributed by atoms with Crippen molar-refractivity contribution in [2.24, 2.45) is 5.92 Å². The highest BCUT2D eigenvalue weighted by atomic mass is 14.9. The molecule has 0 spiro atoms. The van der Waals surface area contributed by atoms with Crippen LogP contribution in [0.15, 0.2) is 18.5 Å². The average molecular weight is 236 g/mol. The van der Waals surface area contributed by atoms with Gasteiger partial charge in [-0.15, -0.1) is 0 Å². The number of nitrogens with zero attached hydrogens (tertiary/aromatic N) is 1. The van der Waals surface area contributed by atoms with Crippen LogP contribution in [0.3, 0.4) is 0 Å². The number of rotatable bonds is 9.